The number of nitrogens with one attached hydrogen (secondary N) is 2. The summed E-state index contributed by atoms with van der Waals surface area (Å²) in [5.41, 5.74) is 1.81. The van der Waals surface area contributed by atoms with E-state index >= 15 is 0 Å². The molecule has 0 saturated heterocycles. The van der Waals surface area contributed by atoms with Crippen molar-refractivity contribution in [3.63, 3.8) is 0 Å². The van der Waals surface area contributed by atoms with Gasteiger partial charge in [0, 0.05) is 20.6 Å². The first-order valence-electron chi connectivity index (χ1n) is 8.68. The lowest BCUT2D eigenvalue weighted by molar-refractivity contribution is 0.0601. The summed E-state index contributed by atoms with van der Waals surface area (Å²) in [5, 5.41) is 6.88. The Morgan fingerprint density at radius 1 is 1.28 bits per heavy atom. The van der Waals surface area contributed by atoms with E-state index in [0.717, 1.165) is 5.56 Å². The molecule has 154 valence electrons. The fourth-order valence-electron chi connectivity index (χ4n) is 2.74. The van der Waals surface area contributed by atoms with E-state index in [1.165, 1.54) is 23.3 Å². The monoisotopic (exact) mass is 435 g/mol. The van der Waals surface area contributed by atoms with Gasteiger partial charge in [0.25, 0.3) is 5.91 Å². The van der Waals surface area contributed by atoms with Crippen LogP contribution in [0.2, 0.25) is 0 Å². The average molecular weight is 436 g/mol. The third-order valence-corrected chi connectivity index (χ3v) is 5.70. The second kappa shape index (κ2) is 8.66. The maximum Gasteiger partial charge on any atom is 0.341 e. The van der Waals surface area contributed by atoms with E-state index in [1.807, 2.05) is 18.2 Å². The standard InChI is InChI=1S/C19H21N3O5S2/c1-10-14(18(24)25-4)16(29-15(10)17(23)22(2)3)21-19(28)20-8-11-5-6-12-13(7-11)27-9-26-12/h5-7H,8-9H2,1-4H3,(H2,20,21,28). The van der Waals surface area contributed by atoms with E-state index in [4.69, 9.17) is 26.4 Å². The van der Waals surface area contributed by atoms with Gasteiger partial charge in [-0.25, -0.2) is 4.79 Å². The maximum absolute atomic E-state index is 12.4. The summed E-state index contributed by atoms with van der Waals surface area (Å²) < 4.78 is 15.5. The number of nitrogens with zero attached hydrogens (tertiary/aromatic N) is 1. The molecule has 29 heavy (non-hydrogen) atoms. The van der Waals surface area contributed by atoms with E-state index in [9.17, 15) is 9.59 Å². The summed E-state index contributed by atoms with van der Waals surface area (Å²) in [6.07, 6.45) is 0. The van der Waals surface area contributed by atoms with Gasteiger partial charge < -0.3 is 29.7 Å². The Hall–Kier alpha value is -2.85. The molecule has 8 nitrogen and oxygen atoms in total. The molecule has 1 aliphatic heterocycles. The highest BCUT2D eigenvalue weighted by atomic mass is 32.1. The minimum Gasteiger partial charge on any atom is -0.465 e. The van der Waals surface area contributed by atoms with Gasteiger partial charge >= 0.3 is 5.97 Å². The molecule has 2 heterocycles. The number of thiocarbonyl (C=S) groups is 1. The van der Waals surface area contributed by atoms with Crippen molar-refractivity contribution in [1.82, 2.24) is 10.2 Å². The van der Waals surface area contributed by atoms with E-state index in [0.29, 0.717) is 44.2 Å². The van der Waals surface area contributed by atoms with Crippen LogP contribution >= 0.6 is 23.6 Å². The normalized spacial score (nSPS) is 11.7. The average Bonchev–Trinajstić information content (AvgIpc) is 3.29. The Labute approximate surface area is 177 Å². The number of carbonyl (C=O) groups is 2. The molecule has 10 heteroatoms. The predicted octanol–water partition coefficient (Wildman–Crippen LogP) is 2.76. The van der Waals surface area contributed by atoms with Crippen LogP contribution in [0.25, 0.3) is 0 Å². The van der Waals surface area contributed by atoms with Crippen LogP contribution in [0.4, 0.5) is 5.00 Å². The third-order valence-electron chi connectivity index (χ3n) is 4.25. The molecule has 0 fully saturated rings. The highest BCUT2D eigenvalue weighted by molar-refractivity contribution is 7.80. The quantitative estimate of drug-likeness (QED) is 0.548. The largest absolute Gasteiger partial charge is 0.465 e. The molecule has 0 bridgehead atoms. The van der Waals surface area contributed by atoms with Gasteiger partial charge in [-0.05, 0) is 42.4 Å². The summed E-state index contributed by atoms with van der Waals surface area (Å²) >= 11 is 6.53. The van der Waals surface area contributed by atoms with Crippen LogP contribution in [0, 0.1) is 6.92 Å². The van der Waals surface area contributed by atoms with E-state index in [-0.39, 0.29) is 12.7 Å². The molecule has 3 rings (SSSR count). The van der Waals surface area contributed by atoms with Crippen LogP contribution in [-0.4, -0.2) is 49.9 Å². The lowest BCUT2D eigenvalue weighted by atomic mass is 10.1. The van der Waals surface area contributed by atoms with Crippen LogP contribution in [-0.2, 0) is 11.3 Å². The number of methoxy groups -OCH3 is 1. The Bertz CT molecular complexity index is 971. The fourth-order valence-corrected chi connectivity index (χ4v) is 4.20. The summed E-state index contributed by atoms with van der Waals surface area (Å²) in [6.45, 7) is 2.38. The highest BCUT2D eigenvalue weighted by Gasteiger charge is 2.26. The Balaban J connectivity index is 1.74. The third kappa shape index (κ3) is 4.43. The Kier molecular flexibility index (Phi) is 6.23. The summed E-state index contributed by atoms with van der Waals surface area (Å²) in [6, 6.07) is 5.63. The molecule has 0 aliphatic carbocycles. The van der Waals surface area contributed by atoms with Crippen molar-refractivity contribution in [2.75, 3.05) is 33.3 Å². The Morgan fingerprint density at radius 3 is 2.69 bits per heavy atom. The topological polar surface area (TPSA) is 89.1 Å². The van der Waals surface area contributed by atoms with Gasteiger partial charge in [-0.2, -0.15) is 0 Å². The number of hydrogen-bond donors (Lipinski definition) is 2. The number of fused-ring (bicyclic) bond motifs is 1. The van der Waals surface area contributed by atoms with Crippen LogP contribution < -0.4 is 20.1 Å². The molecule has 1 aromatic carbocycles. The van der Waals surface area contributed by atoms with Crippen molar-refractivity contribution in [2.24, 2.45) is 0 Å². The predicted molar refractivity (Wildman–Crippen MR) is 114 cm³/mol. The zero-order chi connectivity index (χ0) is 21.1. The molecular formula is C19H21N3O5S2. The minimum atomic E-state index is -0.530. The molecular weight excluding hydrogens is 414 g/mol. The molecule has 1 aromatic heterocycles. The van der Waals surface area contributed by atoms with Crippen LogP contribution in [0.3, 0.4) is 0 Å². The number of amides is 1. The summed E-state index contributed by atoms with van der Waals surface area (Å²) in [5.74, 6) is 0.684. The number of rotatable bonds is 5. The zero-order valence-electron chi connectivity index (χ0n) is 16.5. The number of hydrogen-bond acceptors (Lipinski definition) is 7. The molecule has 2 N–H and O–H groups in total. The number of thiophene rings is 1. The first kappa shape index (κ1) is 20.9. The van der Waals surface area contributed by atoms with Crippen LogP contribution in [0.1, 0.15) is 31.2 Å². The van der Waals surface area contributed by atoms with Gasteiger partial charge in [-0.1, -0.05) is 6.07 Å². The molecule has 2 aromatic rings. The van der Waals surface area contributed by atoms with Gasteiger partial charge in [0.1, 0.15) is 5.00 Å². The van der Waals surface area contributed by atoms with E-state index in [1.54, 1.807) is 21.0 Å². The maximum atomic E-state index is 12.4. The zero-order valence-corrected chi connectivity index (χ0v) is 18.1. The molecule has 1 amide bonds. The SMILES string of the molecule is COC(=O)c1c(NC(=S)NCc2ccc3c(c2)OCO3)sc(C(=O)N(C)C)c1C. The summed E-state index contributed by atoms with van der Waals surface area (Å²) in [4.78, 5) is 26.6. The van der Waals surface area contributed by atoms with Gasteiger partial charge in [-0.3, -0.25) is 4.79 Å². The van der Waals surface area contributed by atoms with Gasteiger partial charge in [-0.15, -0.1) is 11.3 Å². The van der Waals surface area contributed by atoms with Gasteiger partial charge in [0.2, 0.25) is 6.79 Å². The van der Waals surface area contributed by atoms with Crippen LogP contribution in [0.15, 0.2) is 18.2 Å². The number of esters is 1. The smallest absolute Gasteiger partial charge is 0.341 e. The number of carbonyl (C=O) groups excluding carboxylic acids is 2. The second-order valence-corrected chi connectivity index (χ2v) is 7.88. The lowest BCUT2D eigenvalue weighted by Crippen LogP contribution is -2.28. The van der Waals surface area contributed by atoms with Crippen LogP contribution in [0.5, 0.6) is 11.5 Å². The second-order valence-electron chi connectivity index (χ2n) is 6.45. The van der Waals surface area contributed by atoms with Crippen molar-refractivity contribution < 1.29 is 23.8 Å². The van der Waals surface area contributed by atoms with Crippen molar-refractivity contribution >= 4 is 45.5 Å². The number of benzene rings is 1. The molecule has 1 aliphatic rings. The van der Waals surface area contributed by atoms with Crippen molar-refractivity contribution in [2.45, 2.75) is 13.5 Å². The van der Waals surface area contributed by atoms with Crippen molar-refractivity contribution in [3.05, 3.63) is 39.8 Å². The van der Waals surface area contributed by atoms with Crippen molar-refractivity contribution in [3.8, 4) is 11.5 Å². The number of anilines is 1. The highest BCUT2D eigenvalue weighted by Crippen LogP contribution is 2.35. The lowest BCUT2D eigenvalue weighted by Gasteiger charge is -2.11. The molecule has 0 unspecified atom stereocenters. The van der Waals surface area contributed by atoms with E-state index in [2.05, 4.69) is 10.6 Å². The van der Waals surface area contributed by atoms with Gasteiger partial charge in [0.15, 0.2) is 16.6 Å². The summed E-state index contributed by atoms with van der Waals surface area (Å²) in [7, 11) is 4.61. The number of ether oxygens (including phenoxy) is 3. The first-order chi connectivity index (χ1) is 13.8. The minimum absolute atomic E-state index is 0.190. The Morgan fingerprint density at radius 2 is 2.00 bits per heavy atom. The molecule has 0 saturated carbocycles. The van der Waals surface area contributed by atoms with Gasteiger partial charge in [0.05, 0.1) is 17.6 Å². The van der Waals surface area contributed by atoms with E-state index < -0.39 is 5.97 Å². The molecule has 0 radical (unpaired) electrons. The first-order valence-corrected chi connectivity index (χ1v) is 9.91. The molecule has 0 spiro atoms. The van der Waals surface area contributed by atoms with Crippen molar-refractivity contribution in [1.29, 1.82) is 0 Å². The molecule has 0 atom stereocenters. The fraction of sp³-hybridized carbons (Fsp3) is 0.316.